The number of imidazole rings is 1. The number of nitrogens with zero attached hydrogens (tertiary/aromatic N) is 5. The minimum Gasteiger partial charge on any atom is -0.292 e. The second-order valence-electron chi connectivity index (χ2n) is 5.01. The van der Waals surface area contributed by atoms with Crippen LogP contribution in [-0.4, -0.2) is 19.3 Å². The first-order valence-electron chi connectivity index (χ1n) is 6.58. The fourth-order valence-electron chi connectivity index (χ4n) is 2.49. The maximum absolute atomic E-state index is 9.11. The number of aryl methyl sites for hydroxylation is 2. The fourth-order valence-corrected chi connectivity index (χ4v) is 2.64. The van der Waals surface area contributed by atoms with Gasteiger partial charge in [-0.1, -0.05) is 0 Å². The smallest absolute Gasteiger partial charge is 0.132 e. The zero-order chi connectivity index (χ0) is 15.1. The van der Waals surface area contributed by atoms with E-state index in [1.54, 1.807) is 10.7 Å². The van der Waals surface area contributed by atoms with Crippen LogP contribution in [0.25, 0.3) is 16.7 Å². The first-order valence-corrected chi connectivity index (χ1v) is 7.02. The second kappa shape index (κ2) is 4.90. The molecule has 0 amide bonds. The molecule has 0 bridgehead atoms. The highest BCUT2D eigenvalue weighted by atomic mass is 35.5. The predicted molar refractivity (Wildman–Crippen MR) is 81.6 cm³/mol. The van der Waals surface area contributed by atoms with E-state index in [0.717, 1.165) is 28.2 Å². The van der Waals surface area contributed by atoms with E-state index in [2.05, 4.69) is 16.2 Å². The van der Waals surface area contributed by atoms with Crippen LogP contribution in [0.5, 0.6) is 0 Å². The molecule has 106 valence electrons. The lowest BCUT2D eigenvalue weighted by Gasteiger charge is -2.09. The maximum Gasteiger partial charge on any atom is 0.132 e. The van der Waals surface area contributed by atoms with Gasteiger partial charge in [0.25, 0.3) is 0 Å². The van der Waals surface area contributed by atoms with Crippen molar-refractivity contribution in [2.75, 3.05) is 0 Å². The van der Waals surface area contributed by atoms with E-state index in [0.29, 0.717) is 5.56 Å². The van der Waals surface area contributed by atoms with E-state index in [1.807, 2.05) is 43.8 Å². The molecule has 6 heteroatoms. The zero-order valence-electron chi connectivity index (χ0n) is 12.0. The quantitative estimate of drug-likeness (QED) is 0.683. The third-order valence-corrected chi connectivity index (χ3v) is 3.59. The number of fused-ring (bicyclic) bond motifs is 1. The van der Waals surface area contributed by atoms with Gasteiger partial charge in [-0.15, -0.1) is 11.6 Å². The largest absolute Gasteiger partial charge is 0.292 e. The van der Waals surface area contributed by atoms with Crippen molar-refractivity contribution in [3.05, 3.63) is 41.5 Å². The molecule has 1 atom stereocenters. The molecule has 3 rings (SSSR count). The fraction of sp³-hybridized carbons (Fsp3) is 0.267. The Balaban J connectivity index is 2.40. The summed E-state index contributed by atoms with van der Waals surface area (Å²) in [5.74, 6) is 0.748. The standard InChI is InChI=1S/C15H14ClN5/c1-9(16)15-18-12-5-4-11(7-17)6-13(12)21(15)14-8-20(3)19-10(14)2/h4-6,8-9H,1-3H3. The summed E-state index contributed by atoms with van der Waals surface area (Å²) in [6, 6.07) is 7.60. The molecule has 0 saturated heterocycles. The number of hydrogen-bond acceptors (Lipinski definition) is 3. The lowest BCUT2D eigenvalue weighted by Crippen LogP contribution is -2.02. The van der Waals surface area contributed by atoms with E-state index in [1.165, 1.54) is 0 Å². The number of hydrogen-bond donors (Lipinski definition) is 0. The van der Waals surface area contributed by atoms with Crippen LogP contribution in [0.4, 0.5) is 0 Å². The van der Waals surface area contributed by atoms with E-state index < -0.39 is 0 Å². The average Bonchev–Trinajstić information content (AvgIpc) is 2.97. The van der Waals surface area contributed by atoms with Crippen LogP contribution in [0.15, 0.2) is 24.4 Å². The van der Waals surface area contributed by atoms with Gasteiger partial charge in [0.05, 0.1) is 39.4 Å². The Hall–Kier alpha value is -2.32. The normalized spacial score (nSPS) is 12.5. The van der Waals surface area contributed by atoms with E-state index in [4.69, 9.17) is 16.9 Å². The molecule has 0 spiro atoms. The Morgan fingerprint density at radius 3 is 2.71 bits per heavy atom. The molecule has 21 heavy (non-hydrogen) atoms. The molecule has 0 aliphatic rings. The first kappa shape index (κ1) is 13.7. The van der Waals surface area contributed by atoms with Gasteiger partial charge in [0.15, 0.2) is 0 Å². The summed E-state index contributed by atoms with van der Waals surface area (Å²) < 4.78 is 3.74. The zero-order valence-corrected chi connectivity index (χ0v) is 12.8. The van der Waals surface area contributed by atoms with Gasteiger partial charge in [0.1, 0.15) is 5.82 Å². The van der Waals surface area contributed by atoms with Gasteiger partial charge in [0.2, 0.25) is 0 Å². The molecular formula is C15H14ClN5. The highest BCUT2D eigenvalue weighted by molar-refractivity contribution is 6.20. The van der Waals surface area contributed by atoms with Crippen LogP contribution in [0.1, 0.15) is 29.4 Å². The lowest BCUT2D eigenvalue weighted by atomic mass is 10.2. The summed E-state index contributed by atoms with van der Waals surface area (Å²) in [6.07, 6.45) is 1.93. The Morgan fingerprint density at radius 1 is 1.38 bits per heavy atom. The Bertz CT molecular complexity index is 866. The van der Waals surface area contributed by atoms with E-state index in [-0.39, 0.29) is 5.38 Å². The summed E-state index contributed by atoms with van der Waals surface area (Å²) in [4.78, 5) is 4.60. The molecule has 0 aliphatic carbocycles. The number of aromatic nitrogens is 4. The third kappa shape index (κ3) is 2.18. The van der Waals surface area contributed by atoms with Crippen LogP contribution in [0, 0.1) is 18.3 Å². The van der Waals surface area contributed by atoms with E-state index in [9.17, 15) is 0 Å². The Morgan fingerprint density at radius 2 is 2.14 bits per heavy atom. The Labute approximate surface area is 127 Å². The SMILES string of the molecule is Cc1nn(C)cc1-n1c(C(C)Cl)nc2ccc(C#N)cc21. The highest BCUT2D eigenvalue weighted by Crippen LogP contribution is 2.29. The average molecular weight is 300 g/mol. The van der Waals surface area contributed by atoms with Gasteiger partial charge in [-0.2, -0.15) is 10.4 Å². The van der Waals surface area contributed by atoms with Crippen LogP contribution in [-0.2, 0) is 7.05 Å². The molecule has 0 fully saturated rings. The number of halogens is 1. The number of benzene rings is 1. The minimum absolute atomic E-state index is 0.248. The maximum atomic E-state index is 9.11. The molecule has 0 aliphatic heterocycles. The summed E-state index contributed by atoms with van der Waals surface area (Å²) in [7, 11) is 1.88. The molecule has 1 unspecified atom stereocenters. The van der Waals surface area contributed by atoms with E-state index >= 15 is 0 Å². The summed E-state index contributed by atoms with van der Waals surface area (Å²) in [6.45, 7) is 3.83. The number of rotatable bonds is 2. The van der Waals surface area contributed by atoms with Gasteiger partial charge in [-0.25, -0.2) is 4.98 Å². The molecular weight excluding hydrogens is 286 g/mol. The molecule has 5 nitrogen and oxygen atoms in total. The molecule has 3 aromatic rings. The summed E-state index contributed by atoms with van der Waals surface area (Å²) >= 11 is 6.29. The van der Waals surface area contributed by atoms with Crippen LogP contribution in [0.3, 0.4) is 0 Å². The van der Waals surface area contributed by atoms with Crippen molar-refractivity contribution in [1.29, 1.82) is 5.26 Å². The van der Waals surface area contributed by atoms with Crippen molar-refractivity contribution in [3.8, 4) is 11.8 Å². The lowest BCUT2D eigenvalue weighted by molar-refractivity contribution is 0.756. The number of nitriles is 1. The third-order valence-electron chi connectivity index (χ3n) is 3.39. The van der Waals surface area contributed by atoms with Crippen LogP contribution < -0.4 is 0 Å². The van der Waals surface area contributed by atoms with Crippen molar-refractivity contribution < 1.29 is 0 Å². The molecule has 0 saturated carbocycles. The van der Waals surface area contributed by atoms with Crippen molar-refractivity contribution in [2.24, 2.45) is 7.05 Å². The van der Waals surface area contributed by atoms with Crippen molar-refractivity contribution in [1.82, 2.24) is 19.3 Å². The molecule has 0 N–H and O–H groups in total. The van der Waals surface area contributed by atoms with Crippen molar-refractivity contribution >= 4 is 22.6 Å². The van der Waals surface area contributed by atoms with Gasteiger partial charge in [-0.05, 0) is 32.0 Å². The monoisotopic (exact) mass is 299 g/mol. The number of alkyl halides is 1. The van der Waals surface area contributed by atoms with Crippen molar-refractivity contribution in [3.63, 3.8) is 0 Å². The van der Waals surface area contributed by atoms with Crippen LogP contribution >= 0.6 is 11.6 Å². The molecule has 1 aromatic carbocycles. The minimum atomic E-state index is -0.248. The molecule has 0 radical (unpaired) electrons. The topological polar surface area (TPSA) is 59.4 Å². The van der Waals surface area contributed by atoms with Crippen molar-refractivity contribution in [2.45, 2.75) is 19.2 Å². The predicted octanol–water partition coefficient (Wildman–Crippen LogP) is 3.24. The molecule has 2 heterocycles. The second-order valence-corrected chi connectivity index (χ2v) is 5.66. The summed E-state index contributed by atoms with van der Waals surface area (Å²) in [5, 5.41) is 13.2. The van der Waals surface area contributed by atoms with Gasteiger partial charge in [-0.3, -0.25) is 9.25 Å². The van der Waals surface area contributed by atoms with Gasteiger partial charge < -0.3 is 0 Å². The van der Waals surface area contributed by atoms with Gasteiger partial charge >= 0.3 is 0 Å². The van der Waals surface area contributed by atoms with Gasteiger partial charge in [0, 0.05) is 13.2 Å². The Kier molecular flexibility index (Phi) is 3.19. The highest BCUT2D eigenvalue weighted by Gasteiger charge is 2.19. The first-order chi connectivity index (χ1) is 10.0. The summed E-state index contributed by atoms with van der Waals surface area (Å²) in [5.41, 5.74) is 4.10. The molecule has 2 aromatic heterocycles. The van der Waals surface area contributed by atoms with Crippen LogP contribution in [0.2, 0.25) is 0 Å².